The lowest BCUT2D eigenvalue weighted by Gasteiger charge is -2.05. The van der Waals surface area contributed by atoms with Gasteiger partial charge in [-0.15, -0.1) is 11.8 Å². The van der Waals surface area contributed by atoms with E-state index < -0.39 is 0 Å². The number of nitrogens with one attached hydrogen (secondary N) is 1. The fourth-order valence-corrected chi connectivity index (χ4v) is 3.84. The number of para-hydroxylation sites is 1. The fourth-order valence-electron chi connectivity index (χ4n) is 2.94. The maximum atomic E-state index is 12.5. The highest BCUT2D eigenvalue weighted by atomic mass is 32.2. The average Bonchev–Trinajstić information content (AvgIpc) is 3.43. The van der Waals surface area contributed by atoms with Gasteiger partial charge in [-0.3, -0.25) is 4.79 Å². The average molecular weight is 404 g/mol. The molecule has 6 heteroatoms. The van der Waals surface area contributed by atoms with Crippen LogP contribution in [0.15, 0.2) is 94.7 Å². The summed E-state index contributed by atoms with van der Waals surface area (Å²) in [6, 6.07) is 21.9. The maximum absolute atomic E-state index is 12.5. The summed E-state index contributed by atoms with van der Waals surface area (Å²) in [5, 5.41) is 7.33. The molecule has 29 heavy (non-hydrogen) atoms. The van der Waals surface area contributed by atoms with Crippen LogP contribution in [0.2, 0.25) is 0 Å². The molecular formula is C23H21N3O2S. The van der Waals surface area contributed by atoms with Crippen molar-refractivity contribution < 1.29 is 9.21 Å². The Labute approximate surface area is 173 Å². The van der Waals surface area contributed by atoms with Gasteiger partial charge in [0.2, 0.25) is 0 Å². The summed E-state index contributed by atoms with van der Waals surface area (Å²) in [5.41, 5.74) is 2.97. The van der Waals surface area contributed by atoms with Crippen LogP contribution in [-0.2, 0) is 12.2 Å². The molecule has 0 aliphatic rings. The van der Waals surface area contributed by atoms with Crippen LogP contribution in [0.3, 0.4) is 0 Å². The zero-order valence-electron chi connectivity index (χ0n) is 15.8. The monoisotopic (exact) mass is 403 g/mol. The lowest BCUT2D eigenvalue weighted by atomic mass is 10.2. The van der Waals surface area contributed by atoms with E-state index in [1.165, 1.54) is 0 Å². The van der Waals surface area contributed by atoms with Crippen molar-refractivity contribution in [3.05, 3.63) is 102 Å². The molecule has 2 aromatic heterocycles. The van der Waals surface area contributed by atoms with Crippen LogP contribution < -0.4 is 5.32 Å². The SMILES string of the molecule is O=C(NCCc1cnn(-c2ccccc2)c1)c1occc1CSc1ccccc1. The van der Waals surface area contributed by atoms with E-state index in [1.807, 2.05) is 71.7 Å². The normalized spacial score (nSPS) is 10.8. The number of carbonyl (C=O) groups is 1. The quantitative estimate of drug-likeness (QED) is 0.432. The molecule has 4 rings (SSSR count). The van der Waals surface area contributed by atoms with E-state index in [2.05, 4.69) is 22.5 Å². The van der Waals surface area contributed by atoms with E-state index in [0.29, 0.717) is 24.5 Å². The molecule has 146 valence electrons. The van der Waals surface area contributed by atoms with Gasteiger partial charge in [-0.2, -0.15) is 5.10 Å². The summed E-state index contributed by atoms with van der Waals surface area (Å²) in [6.07, 6.45) is 6.08. The van der Waals surface area contributed by atoms with E-state index in [9.17, 15) is 4.79 Å². The minimum atomic E-state index is -0.186. The van der Waals surface area contributed by atoms with Gasteiger partial charge in [0.05, 0.1) is 18.1 Å². The highest BCUT2D eigenvalue weighted by Gasteiger charge is 2.15. The lowest BCUT2D eigenvalue weighted by Crippen LogP contribution is -2.26. The van der Waals surface area contributed by atoms with Crippen LogP contribution in [0.5, 0.6) is 0 Å². The van der Waals surface area contributed by atoms with E-state index in [-0.39, 0.29) is 5.91 Å². The first kappa shape index (κ1) is 19.1. The number of carbonyl (C=O) groups excluding carboxylic acids is 1. The number of benzene rings is 2. The van der Waals surface area contributed by atoms with Gasteiger partial charge in [-0.25, -0.2) is 4.68 Å². The van der Waals surface area contributed by atoms with Crippen LogP contribution in [0, 0.1) is 0 Å². The molecule has 2 heterocycles. The summed E-state index contributed by atoms with van der Waals surface area (Å²) in [7, 11) is 0. The maximum Gasteiger partial charge on any atom is 0.287 e. The molecule has 0 atom stereocenters. The molecule has 5 nitrogen and oxygen atoms in total. The number of hydrogen-bond donors (Lipinski definition) is 1. The Morgan fingerprint density at radius 1 is 1.03 bits per heavy atom. The number of amides is 1. The van der Waals surface area contributed by atoms with Crippen LogP contribution in [-0.4, -0.2) is 22.2 Å². The summed E-state index contributed by atoms with van der Waals surface area (Å²) in [4.78, 5) is 13.7. The molecule has 0 saturated heterocycles. The van der Waals surface area contributed by atoms with Crippen molar-refractivity contribution in [1.29, 1.82) is 0 Å². The number of thioether (sulfide) groups is 1. The van der Waals surface area contributed by atoms with Gasteiger partial charge in [0, 0.05) is 29.0 Å². The van der Waals surface area contributed by atoms with Crippen LogP contribution in [0.4, 0.5) is 0 Å². The predicted molar refractivity (Wildman–Crippen MR) is 114 cm³/mol. The Morgan fingerprint density at radius 3 is 2.59 bits per heavy atom. The van der Waals surface area contributed by atoms with E-state index in [0.717, 1.165) is 21.7 Å². The van der Waals surface area contributed by atoms with Crippen molar-refractivity contribution in [2.75, 3.05) is 6.54 Å². The molecule has 0 unspecified atom stereocenters. The van der Waals surface area contributed by atoms with Crippen molar-refractivity contribution >= 4 is 17.7 Å². The third-order valence-corrected chi connectivity index (χ3v) is 5.51. The third kappa shape index (κ3) is 4.97. The highest BCUT2D eigenvalue weighted by Crippen LogP contribution is 2.24. The van der Waals surface area contributed by atoms with Gasteiger partial charge in [-0.1, -0.05) is 36.4 Å². The summed E-state index contributed by atoms with van der Waals surface area (Å²) < 4.78 is 7.27. The minimum Gasteiger partial charge on any atom is -0.459 e. The molecule has 4 aromatic rings. The summed E-state index contributed by atoms with van der Waals surface area (Å²) >= 11 is 1.68. The van der Waals surface area contributed by atoms with Gasteiger partial charge in [0.15, 0.2) is 5.76 Å². The van der Waals surface area contributed by atoms with Gasteiger partial charge >= 0.3 is 0 Å². The van der Waals surface area contributed by atoms with Gasteiger partial charge in [0.1, 0.15) is 0 Å². The number of aromatic nitrogens is 2. The third-order valence-electron chi connectivity index (χ3n) is 4.45. The largest absolute Gasteiger partial charge is 0.459 e. The second kappa shape index (κ2) is 9.30. The molecule has 0 spiro atoms. The standard InChI is InChI=1S/C23H21N3O2S/c27-23(22-19(12-14-28-22)17-29-21-9-5-2-6-10-21)24-13-11-18-15-25-26(16-18)20-7-3-1-4-8-20/h1-10,12,14-16H,11,13,17H2,(H,24,27). The summed E-state index contributed by atoms with van der Waals surface area (Å²) in [6.45, 7) is 0.519. The molecule has 0 saturated carbocycles. The Morgan fingerprint density at radius 2 is 1.79 bits per heavy atom. The Bertz CT molecular complexity index is 1060. The van der Waals surface area contributed by atoms with E-state index >= 15 is 0 Å². The van der Waals surface area contributed by atoms with Crippen molar-refractivity contribution in [2.24, 2.45) is 0 Å². The zero-order valence-corrected chi connectivity index (χ0v) is 16.6. The molecule has 0 aliphatic heterocycles. The minimum absolute atomic E-state index is 0.186. The van der Waals surface area contributed by atoms with E-state index in [1.54, 1.807) is 18.0 Å². The number of nitrogens with zero attached hydrogens (tertiary/aromatic N) is 2. The molecular weight excluding hydrogens is 382 g/mol. The van der Waals surface area contributed by atoms with Gasteiger partial charge < -0.3 is 9.73 Å². The van der Waals surface area contributed by atoms with Crippen molar-refractivity contribution in [1.82, 2.24) is 15.1 Å². The predicted octanol–water partition coefficient (Wildman–Crippen LogP) is 4.73. The topological polar surface area (TPSA) is 60.1 Å². The number of furan rings is 1. The first-order valence-corrected chi connectivity index (χ1v) is 10.4. The van der Waals surface area contributed by atoms with Gasteiger partial charge in [0.25, 0.3) is 5.91 Å². The fraction of sp³-hybridized carbons (Fsp3) is 0.130. The highest BCUT2D eigenvalue weighted by molar-refractivity contribution is 7.98. The molecule has 2 aromatic carbocycles. The molecule has 0 radical (unpaired) electrons. The number of hydrogen-bond acceptors (Lipinski definition) is 4. The second-order valence-corrected chi connectivity index (χ2v) is 7.56. The van der Waals surface area contributed by atoms with Crippen molar-refractivity contribution in [3.8, 4) is 5.69 Å². The number of rotatable bonds is 8. The molecule has 0 aliphatic carbocycles. The zero-order chi connectivity index (χ0) is 19.9. The van der Waals surface area contributed by atoms with Crippen LogP contribution in [0.1, 0.15) is 21.7 Å². The Kier molecular flexibility index (Phi) is 6.12. The summed E-state index contributed by atoms with van der Waals surface area (Å²) in [5.74, 6) is 0.884. The Balaban J connectivity index is 1.29. The lowest BCUT2D eigenvalue weighted by molar-refractivity contribution is 0.0925. The van der Waals surface area contributed by atoms with Gasteiger partial charge in [-0.05, 0) is 42.3 Å². The van der Waals surface area contributed by atoms with Crippen molar-refractivity contribution in [3.63, 3.8) is 0 Å². The molecule has 1 amide bonds. The van der Waals surface area contributed by atoms with E-state index in [4.69, 9.17) is 4.42 Å². The molecule has 0 fully saturated rings. The first-order valence-electron chi connectivity index (χ1n) is 9.41. The molecule has 0 bridgehead atoms. The molecule has 1 N–H and O–H groups in total. The van der Waals surface area contributed by atoms with Crippen molar-refractivity contribution in [2.45, 2.75) is 17.1 Å². The second-order valence-electron chi connectivity index (χ2n) is 6.51. The van der Waals surface area contributed by atoms with Crippen LogP contribution in [0.25, 0.3) is 5.69 Å². The van der Waals surface area contributed by atoms with Crippen LogP contribution >= 0.6 is 11.8 Å². The smallest absolute Gasteiger partial charge is 0.287 e. The Hall–Kier alpha value is -3.25. The first-order chi connectivity index (χ1) is 14.3.